The van der Waals surface area contributed by atoms with E-state index in [0.717, 1.165) is 42.3 Å². The van der Waals surface area contributed by atoms with Gasteiger partial charge in [-0.3, -0.25) is 0 Å². The van der Waals surface area contributed by atoms with Crippen molar-refractivity contribution in [2.45, 2.75) is 26.7 Å². The van der Waals surface area contributed by atoms with Crippen LogP contribution in [0.3, 0.4) is 0 Å². The highest BCUT2D eigenvalue weighted by atomic mass is 79.9. The van der Waals surface area contributed by atoms with Gasteiger partial charge >= 0.3 is 0 Å². The van der Waals surface area contributed by atoms with Crippen molar-refractivity contribution in [2.75, 3.05) is 17.2 Å². The molecule has 0 aliphatic heterocycles. The van der Waals surface area contributed by atoms with Crippen LogP contribution < -0.4 is 10.6 Å². The van der Waals surface area contributed by atoms with E-state index < -0.39 is 0 Å². The van der Waals surface area contributed by atoms with Crippen molar-refractivity contribution in [3.05, 3.63) is 40.4 Å². The lowest BCUT2D eigenvalue weighted by atomic mass is 10.1. The normalized spacial score (nSPS) is 10.5. The summed E-state index contributed by atoms with van der Waals surface area (Å²) < 4.78 is 13.8. The molecule has 0 amide bonds. The summed E-state index contributed by atoms with van der Waals surface area (Å²) in [4.78, 5) is 8.61. The van der Waals surface area contributed by atoms with Crippen LogP contribution in [0.1, 0.15) is 25.8 Å². The van der Waals surface area contributed by atoms with Gasteiger partial charge < -0.3 is 10.6 Å². The first kappa shape index (κ1) is 15.7. The fourth-order valence-corrected chi connectivity index (χ4v) is 2.50. The smallest absolute Gasteiger partial charge is 0.139 e. The molecule has 4 nitrogen and oxygen atoms in total. The minimum absolute atomic E-state index is 0.280. The standard InChI is InChI=1S/C15H18BrFN4/c1-3-5-11-14(18-4-2)19-9-20-15(11)21-13-7-6-10(17)8-12(13)16/h6-9H,3-5H2,1-2H3,(H2,18,19,20,21). The van der Waals surface area contributed by atoms with Crippen molar-refractivity contribution in [3.63, 3.8) is 0 Å². The van der Waals surface area contributed by atoms with E-state index in [0.29, 0.717) is 4.47 Å². The van der Waals surface area contributed by atoms with Gasteiger partial charge in [0.25, 0.3) is 0 Å². The largest absolute Gasteiger partial charge is 0.370 e. The second-order valence-electron chi connectivity index (χ2n) is 4.58. The second-order valence-corrected chi connectivity index (χ2v) is 5.43. The monoisotopic (exact) mass is 352 g/mol. The third-order valence-electron chi connectivity index (χ3n) is 2.97. The molecule has 2 N–H and O–H groups in total. The molecule has 0 unspecified atom stereocenters. The topological polar surface area (TPSA) is 49.8 Å². The highest BCUT2D eigenvalue weighted by Gasteiger charge is 2.12. The Bertz CT molecular complexity index is 619. The molecule has 0 radical (unpaired) electrons. The molecule has 112 valence electrons. The van der Waals surface area contributed by atoms with Crippen LogP contribution in [0.4, 0.5) is 21.7 Å². The van der Waals surface area contributed by atoms with Crippen molar-refractivity contribution >= 4 is 33.3 Å². The molecule has 2 rings (SSSR count). The van der Waals surface area contributed by atoms with E-state index in [4.69, 9.17) is 0 Å². The number of nitrogens with zero attached hydrogens (tertiary/aromatic N) is 2. The summed E-state index contributed by atoms with van der Waals surface area (Å²) in [7, 11) is 0. The molecular formula is C15H18BrFN4. The van der Waals surface area contributed by atoms with Gasteiger partial charge in [0.15, 0.2) is 0 Å². The summed E-state index contributed by atoms with van der Waals surface area (Å²) in [6.07, 6.45) is 3.38. The summed E-state index contributed by atoms with van der Waals surface area (Å²) >= 11 is 3.36. The maximum Gasteiger partial charge on any atom is 0.139 e. The molecule has 0 spiro atoms. The predicted molar refractivity (Wildman–Crippen MR) is 87.6 cm³/mol. The Morgan fingerprint density at radius 3 is 2.62 bits per heavy atom. The molecule has 0 aliphatic carbocycles. The first-order valence-corrected chi connectivity index (χ1v) is 7.74. The fraction of sp³-hybridized carbons (Fsp3) is 0.333. The summed E-state index contributed by atoms with van der Waals surface area (Å²) in [5.74, 6) is 1.31. The van der Waals surface area contributed by atoms with Crippen LogP contribution in [0, 0.1) is 5.82 Å². The van der Waals surface area contributed by atoms with E-state index in [9.17, 15) is 4.39 Å². The SMILES string of the molecule is CCCc1c(NCC)ncnc1Nc1ccc(F)cc1Br. The van der Waals surface area contributed by atoms with Crippen LogP contribution in [-0.4, -0.2) is 16.5 Å². The molecule has 0 saturated carbocycles. The van der Waals surface area contributed by atoms with Gasteiger partial charge in [-0.15, -0.1) is 0 Å². The maximum atomic E-state index is 13.2. The zero-order chi connectivity index (χ0) is 15.2. The van der Waals surface area contributed by atoms with Crippen LogP contribution in [0.15, 0.2) is 29.0 Å². The van der Waals surface area contributed by atoms with E-state index in [1.807, 2.05) is 6.92 Å². The lowest BCUT2D eigenvalue weighted by Crippen LogP contribution is -2.08. The lowest BCUT2D eigenvalue weighted by Gasteiger charge is -2.15. The van der Waals surface area contributed by atoms with Crippen LogP contribution in [-0.2, 0) is 6.42 Å². The highest BCUT2D eigenvalue weighted by molar-refractivity contribution is 9.10. The minimum Gasteiger partial charge on any atom is -0.370 e. The van der Waals surface area contributed by atoms with Crippen LogP contribution in [0.5, 0.6) is 0 Å². The number of anilines is 3. The molecule has 1 aromatic carbocycles. The number of hydrogen-bond donors (Lipinski definition) is 2. The molecule has 0 bridgehead atoms. The van der Waals surface area contributed by atoms with Crippen molar-refractivity contribution in [1.29, 1.82) is 0 Å². The molecule has 21 heavy (non-hydrogen) atoms. The maximum absolute atomic E-state index is 13.2. The van der Waals surface area contributed by atoms with Crippen molar-refractivity contribution in [3.8, 4) is 0 Å². The molecular weight excluding hydrogens is 335 g/mol. The molecule has 0 fully saturated rings. The average Bonchev–Trinajstić information content (AvgIpc) is 2.45. The number of rotatable bonds is 6. The third kappa shape index (κ3) is 3.91. The van der Waals surface area contributed by atoms with Crippen molar-refractivity contribution in [1.82, 2.24) is 9.97 Å². The Balaban J connectivity index is 2.36. The van der Waals surface area contributed by atoms with Gasteiger partial charge in [0, 0.05) is 16.6 Å². The summed E-state index contributed by atoms with van der Waals surface area (Å²) in [6, 6.07) is 4.53. The van der Waals surface area contributed by atoms with Gasteiger partial charge in [0.1, 0.15) is 23.8 Å². The summed E-state index contributed by atoms with van der Waals surface area (Å²) in [5.41, 5.74) is 1.81. The summed E-state index contributed by atoms with van der Waals surface area (Å²) in [5, 5.41) is 6.50. The van der Waals surface area contributed by atoms with Crippen molar-refractivity contribution < 1.29 is 4.39 Å². The Morgan fingerprint density at radius 2 is 1.95 bits per heavy atom. The summed E-state index contributed by atoms with van der Waals surface area (Å²) in [6.45, 7) is 4.94. The van der Waals surface area contributed by atoms with Gasteiger partial charge in [-0.2, -0.15) is 0 Å². The number of benzene rings is 1. The van der Waals surface area contributed by atoms with E-state index in [1.54, 1.807) is 6.07 Å². The highest BCUT2D eigenvalue weighted by Crippen LogP contribution is 2.29. The lowest BCUT2D eigenvalue weighted by molar-refractivity contribution is 0.627. The van der Waals surface area contributed by atoms with Gasteiger partial charge in [0.2, 0.25) is 0 Å². The number of hydrogen-bond acceptors (Lipinski definition) is 4. The Hall–Kier alpha value is -1.69. The quantitative estimate of drug-likeness (QED) is 0.803. The van der Waals surface area contributed by atoms with Crippen LogP contribution in [0.2, 0.25) is 0 Å². The van der Waals surface area contributed by atoms with E-state index >= 15 is 0 Å². The molecule has 1 heterocycles. The van der Waals surface area contributed by atoms with Crippen LogP contribution in [0.25, 0.3) is 0 Å². The number of aromatic nitrogens is 2. The van der Waals surface area contributed by atoms with E-state index in [-0.39, 0.29) is 5.82 Å². The molecule has 0 aliphatic rings. The van der Waals surface area contributed by atoms with Gasteiger partial charge in [-0.25, -0.2) is 14.4 Å². The zero-order valence-corrected chi connectivity index (χ0v) is 13.7. The fourth-order valence-electron chi connectivity index (χ4n) is 2.05. The molecule has 2 aromatic rings. The van der Waals surface area contributed by atoms with Gasteiger partial charge in [-0.05, 0) is 47.5 Å². The van der Waals surface area contributed by atoms with Gasteiger partial charge in [0.05, 0.1) is 5.69 Å². The molecule has 1 aromatic heterocycles. The zero-order valence-electron chi connectivity index (χ0n) is 12.1. The van der Waals surface area contributed by atoms with Crippen LogP contribution >= 0.6 is 15.9 Å². The molecule has 0 saturated heterocycles. The van der Waals surface area contributed by atoms with Gasteiger partial charge in [-0.1, -0.05) is 13.3 Å². The first-order valence-electron chi connectivity index (χ1n) is 6.95. The van der Waals surface area contributed by atoms with E-state index in [1.165, 1.54) is 18.5 Å². The Labute approximate surface area is 132 Å². The number of nitrogens with one attached hydrogen (secondary N) is 2. The van der Waals surface area contributed by atoms with Crippen molar-refractivity contribution in [2.24, 2.45) is 0 Å². The second kappa shape index (κ2) is 7.36. The number of halogens is 2. The van der Waals surface area contributed by atoms with E-state index in [2.05, 4.69) is 43.5 Å². The Morgan fingerprint density at radius 1 is 1.19 bits per heavy atom. The Kier molecular flexibility index (Phi) is 5.50. The minimum atomic E-state index is -0.280. The first-order chi connectivity index (χ1) is 10.2. The molecule has 0 atom stereocenters. The molecule has 6 heteroatoms. The third-order valence-corrected chi connectivity index (χ3v) is 3.63. The average molecular weight is 353 g/mol. The predicted octanol–water partition coefficient (Wildman–Crippen LogP) is 4.51.